The molecule has 0 bridgehead atoms. The van der Waals surface area contributed by atoms with Crippen LogP contribution in [0.25, 0.3) is 11.4 Å². The van der Waals surface area contributed by atoms with Gasteiger partial charge in [-0.2, -0.15) is 4.98 Å². The molecule has 3 atom stereocenters. The first-order valence-corrected chi connectivity index (χ1v) is 9.68. The summed E-state index contributed by atoms with van der Waals surface area (Å²) in [5.74, 6) is 1.46. The number of hydrogen-bond donors (Lipinski definition) is 1. The van der Waals surface area contributed by atoms with E-state index in [2.05, 4.69) is 28.9 Å². The highest BCUT2D eigenvalue weighted by Gasteiger charge is 2.30. The molecule has 1 aliphatic heterocycles. The van der Waals surface area contributed by atoms with Crippen molar-refractivity contribution in [1.29, 1.82) is 0 Å². The zero-order chi connectivity index (χ0) is 19.4. The molecule has 0 spiro atoms. The Morgan fingerprint density at radius 2 is 1.85 bits per heavy atom. The second-order valence-corrected chi connectivity index (χ2v) is 7.27. The van der Waals surface area contributed by atoms with E-state index >= 15 is 0 Å². The molecule has 146 valence electrons. The highest BCUT2D eigenvalue weighted by molar-refractivity contribution is 5.82. The Hall–Kier alpha value is -2.25. The number of carbonyl (C=O) groups is 1. The van der Waals surface area contributed by atoms with E-state index in [1.54, 1.807) is 0 Å². The van der Waals surface area contributed by atoms with Crippen LogP contribution in [0.5, 0.6) is 0 Å². The van der Waals surface area contributed by atoms with E-state index in [9.17, 15) is 4.79 Å². The molecule has 0 saturated carbocycles. The van der Waals surface area contributed by atoms with Crippen LogP contribution in [0.2, 0.25) is 0 Å². The molecule has 7 nitrogen and oxygen atoms in total. The van der Waals surface area contributed by atoms with Crippen LogP contribution < -0.4 is 5.73 Å². The SMILES string of the molecule is CCC(C)C(N)C(=O)N1CCN(C(C)c2nc(-c3ccccc3)no2)CC1. The first-order chi connectivity index (χ1) is 13.0. The summed E-state index contributed by atoms with van der Waals surface area (Å²) in [7, 11) is 0. The largest absolute Gasteiger partial charge is 0.339 e. The Morgan fingerprint density at radius 3 is 2.48 bits per heavy atom. The van der Waals surface area contributed by atoms with E-state index in [1.807, 2.05) is 42.2 Å². The zero-order valence-corrected chi connectivity index (χ0v) is 16.3. The van der Waals surface area contributed by atoms with E-state index in [4.69, 9.17) is 10.3 Å². The van der Waals surface area contributed by atoms with Crippen LogP contribution in [0, 0.1) is 5.92 Å². The summed E-state index contributed by atoms with van der Waals surface area (Å²) in [6.07, 6.45) is 0.908. The third-order valence-corrected chi connectivity index (χ3v) is 5.55. The summed E-state index contributed by atoms with van der Waals surface area (Å²) in [4.78, 5) is 21.2. The van der Waals surface area contributed by atoms with Crippen LogP contribution in [0.3, 0.4) is 0 Å². The average Bonchev–Trinajstić information content (AvgIpc) is 3.22. The van der Waals surface area contributed by atoms with Crippen molar-refractivity contribution in [2.45, 2.75) is 39.3 Å². The lowest BCUT2D eigenvalue weighted by Gasteiger charge is -2.38. The standard InChI is InChI=1S/C20H29N5O2/c1-4-14(2)17(21)20(26)25-12-10-24(11-13-25)15(3)19-22-18(23-27-19)16-8-6-5-7-9-16/h5-9,14-15,17H,4,10-13,21H2,1-3H3. The van der Waals surface area contributed by atoms with E-state index in [1.165, 1.54) is 0 Å². The highest BCUT2D eigenvalue weighted by atomic mass is 16.5. The van der Waals surface area contributed by atoms with Gasteiger partial charge in [0.15, 0.2) is 0 Å². The Bertz CT molecular complexity index is 740. The maximum atomic E-state index is 12.5. The number of amides is 1. The first kappa shape index (κ1) is 19.5. The minimum atomic E-state index is -0.414. The van der Waals surface area contributed by atoms with Gasteiger partial charge in [-0.15, -0.1) is 0 Å². The van der Waals surface area contributed by atoms with Crippen molar-refractivity contribution in [2.75, 3.05) is 26.2 Å². The third-order valence-electron chi connectivity index (χ3n) is 5.55. The van der Waals surface area contributed by atoms with Crippen molar-refractivity contribution in [3.63, 3.8) is 0 Å². The van der Waals surface area contributed by atoms with Gasteiger partial charge in [-0.25, -0.2) is 0 Å². The summed E-state index contributed by atoms with van der Waals surface area (Å²) in [6.45, 7) is 9.03. The minimum Gasteiger partial charge on any atom is -0.339 e. The van der Waals surface area contributed by atoms with Crippen molar-refractivity contribution in [2.24, 2.45) is 11.7 Å². The molecule has 0 radical (unpaired) electrons. The van der Waals surface area contributed by atoms with Crippen molar-refractivity contribution in [3.8, 4) is 11.4 Å². The molecular formula is C20H29N5O2. The van der Waals surface area contributed by atoms with E-state index in [-0.39, 0.29) is 17.9 Å². The monoisotopic (exact) mass is 371 g/mol. The second-order valence-electron chi connectivity index (χ2n) is 7.27. The molecule has 27 heavy (non-hydrogen) atoms. The lowest BCUT2D eigenvalue weighted by atomic mass is 9.98. The highest BCUT2D eigenvalue weighted by Crippen LogP contribution is 2.23. The predicted molar refractivity (Wildman–Crippen MR) is 104 cm³/mol. The number of nitrogens with zero attached hydrogens (tertiary/aromatic N) is 4. The van der Waals surface area contributed by atoms with Crippen LogP contribution >= 0.6 is 0 Å². The number of aromatic nitrogens is 2. The lowest BCUT2D eigenvalue weighted by Crippen LogP contribution is -2.54. The van der Waals surface area contributed by atoms with Crippen LogP contribution in [-0.2, 0) is 4.79 Å². The van der Waals surface area contributed by atoms with Gasteiger partial charge in [0.2, 0.25) is 17.6 Å². The molecule has 1 saturated heterocycles. The third kappa shape index (κ3) is 4.36. The van der Waals surface area contributed by atoms with Gasteiger partial charge in [-0.1, -0.05) is 55.8 Å². The number of piperazine rings is 1. The maximum absolute atomic E-state index is 12.5. The van der Waals surface area contributed by atoms with Gasteiger partial charge in [-0.05, 0) is 12.8 Å². The minimum absolute atomic E-state index is 0.00968. The number of benzene rings is 1. The molecule has 7 heteroatoms. The van der Waals surface area contributed by atoms with Gasteiger partial charge in [0.25, 0.3) is 0 Å². The smallest absolute Gasteiger partial charge is 0.244 e. The fourth-order valence-electron chi connectivity index (χ4n) is 3.30. The van der Waals surface area contributed by atoms with Crippen LogP contribution in [-0.4, -0.2) is 58.1 Å². The number of hydrogen-bond acceptors (Lipinski definition) is 6. The first-order valence-electron chi connectivity index (χ1n) is 9.68. The molecule has 1 aliphatic rings. The fraction of sp³-hybridized carbons (Fsp3) is 0.550. The van der Waals surface area contributed by atoms with Gasteiger partial charge in [0.1, 0.15) is 0 Å². The summed E-state index contributed by atoms with van der Waals surface area (Å²) in [5, 5.41) is 4.10. The Kier molecular flexibility index (Phi) is 6.23. The average molecular weight is 371 g/mol. The Balaban J connectivity index is 1.58. The number of rotatable bonds is 6. The molecular weight excluding hydrogens is 342 g/mol. The second kappa shape index (κ2) is 8.63. The molecule has 1 fully saturated rings. The molecule has 2 heterocycles. The van der Waals surface area contributed by atoms with Crippen LogP contribution in [0.1, 0.15) is 39.1 Å². The number of nitrogens with two attached hydrogens (primary N) is 1. The molecule has 1 aromatic heterocycles. The molecule has 0 aliphatic carbocycles. The van der Waals surface area contributed by atoms with Gasteiger partial charge in [-0.3, -0.25) is 9.69 Å². The van der Waals surface area contributed by atoms with Crippen molar-refractivity contribution >= 4 is 5.91 Å². The van der Waals surface area contributed by atoms with Gasteiger partial charge in [0, 0.05) is 31.7 Å². The molecule has 3 unspecified atom stereocenters. The van der Waals surface area contributed by atoms with E-state index < -0.39 is 6.04 Å². The summed E-state index contributed by atoms with van der Waals surface area (Å²) in [5.41, 5.74) is 7.05. The number of carbonyl (C=O) groups excluding carboxylic acids is 1. The maximum Gasteiger partial charge on any atom is 0.244 e. The molecule has 3 rings (SSSR count). The lowest BCUT2D eigenvalue weighted by molar-refractivity contribution is -0.135. The zero-order valence-electron chi connectivity index (χ0n) is 16.3. The molecule has 2 aromatic rings. The summed E-state index contributed by atoms with van der Waals surface area (Å²) in [6, 6.07) is 9.39. The van der Waals surface area contributed by atoms with Gasteiger partial charge >= 0.3 is 0 Å². The van der Waals surface area contributed by atoms with E-state index in [0.29, 0.717) is 24.8 Å². The summed E-state index contributed by atoms with van der Waals surface area (Å²) < 4.78 is 5.49. The molecule has 2 N–H and O–H groups in total. The summed E-state index contributed by atoms with van der Waals surface area (Å²) >= 11 is 0. The Labute approximate surface area is 160 Å². The van der Waals surface area contributed by atoms with Crippen molar-refractivity contribution < 1.29 is 9.32 Å². The van der Waals surface area contributed by atoms with Gasteiger partial charge < -0.3 is 15.2 Å². The molecule has 1 amide bonds. The Morgan fingerprint density at radius 1 is 1.19 bits per heavy atom. The fourth-order valence-corrected chi connectivity index (χ4v) is 3.30. The van der Waals surface area contributed by atoms with Crippen molar-refractivity contribution in [1.82, 2.24) is 19.9 Å². The van der Waals surface area contributed by atoms with E-state index in [0.717, 1.165) is 25.1 Å². The quantitative estimate of drug-likeness (QED) is 0.838. The van der Waals surface area contributed by atoms with Crippen LogP contribution in [0.4, 0.5) is 0 Å². The molecule has 1 aromatic carbocycles. The topological polar surface area (TPSA) is 88.5 Å². The van der Waals surface area contributed by atoms with Crippen LogP contribution in [0.15, 0.2) is 34.9 Å². The normalized spacial score (nSPS) is 18.9. The van der Waals surface area contributed by atoms with Gasteiger partial charge in [0.05, 0.1) is 12.1 Å². The predicted octanol–water partition coefficient (Wildman–Crippen LogP) is 2.32. The van der Waals surface area contributed by atoms with Crippen molar-refractivity contribution in [3.05, 3.63) is 36.2 Å².